The monoisotopic (exact) mass is 226 g/mol. The topological polar surface area (TPSA) is 24.5 Å². The van der Waals surface area contributed by atoms with Crippen molar-refractivity contribution in [2.75, 3.05) is 32.8 Å². The van der Waals surface area contributed by atoms with Crippen molar-refractivity contribution in [3.05, 3.63) is 0 Å². The van der Waals surface area contributed by atoms with Gasteiger partial charge in [0, 0.05) is 25.7 Å². The lowest BCUT2D eigenvalue weighted by atomic mass is 10.00. The Morgan fingerprint density at radius 3 is 2.94 bits per heavy atom. The second-order valence-corrected chi connectivity index (χ2v) is 5.33. The van der Waals surface area contributed by atoms with Gasteiger partial charge < -0.3 is 10.1 Å². The maximum atomic E-state index is 5.90. The fourth-order valence-electron chi connectivity index (χ4n) is 2.97. The summed E-state index contributed by atoms with van der Waals surface area (Å²) in [5.74, 6) is 0.796. The smallest absolute Gasteiger partial charge is 0.0702 e. The molecule has 94 valence electrons. The van der Waals surface area contributed by atoms with E-state index in [-0.39, 0.29) is 0 Å². The Morgan fingerprint density at radius 2 is 2.25 bits per heavy atom. The zero-order valence-corrected chi connectivity index (χ0v) is 10.7. The number of nitrogens with one attached hydrogen (secondary N) is 1. The van der Waals surface area contributed by atoms with Crippen LogP contribution >= 0.6 is 0 Å². The van der Waals surface area contributed by atoms with Crippen molar-refractivity contribution in [3.63, 3.8) is 0 Å². The largest absolute Gasteiger partial charge is 0.377 e. The fourth-order valence-corrected chi connectivity index (χ4v) is 2.97. The molecule has 3 atom stereocenters. The van der Waals surface area contributed by atoms with E-state index in [9.17, 15) is 0 Å². The molecule has 3 unspecified atom stereocenters. The molecule has 3 heteroatoms. The Morgan fingerprint density at radius 1 is 1.38 bits per heavy atom. The van der Waals surface area contributed by atoms with Crippen molar-refractivity contribution < 1.29 is 4.74 Å². The van der Waals surface area contributed by atoms with Crippen LogP contribution in [-0.2, 0) is 4.74 Å². The lowest BCUT2D eigenvalue weighted by Gasteiger charge is -2.38. The molecule has 0 bridgehead atoms. The lowest BCUT2D eigenvalue weighted by molar-refractivity contribution is -0.0144. The van der Waals surface area contributed by atoms with Gasteiger partial charge in [-0.25, -0.2) is 0 Å². The van der Waals surface area contributed by atoms with Gasteiger partial charge in [0.2, 0.25) is 0 Å². The minimum atomic E-state index is 0.487. The molecule has 0 aromatic rings. The average Bonchev–Trinajstić information content (AvgIpc) is 2.73. The maximum absolute atomic E-state index is 5.90. The molecule has 2 aliphatic heterocycles. The van der Waals surface area contributed by atoms with Gasteiger partial charge in [0.25, 0.3) is 0 Å². The average molecular weight is 226 g/mol. The number of hydrogen-bond donors (Lipinski definition) is 1. The van der Waals surface area contributed by atoms with Gasteiger partial charge in [-0.05, 0) is 38.3 Å². The van der Waals surface area contributed by atoms with Crippen LogP contribution in [0.3, 0.4) is 0 Å². The molecule has 0 aliphatic carbocycles. The maximum Gasteiger partial charge on any atom is 0.0702 e. The second kappa shape index (κ2) is 5.99. The first kappa shape index (κ1) is 12.3. The Kier molecular flexibility index (Phi) is 4.62. The third-order valence-corrected chi connectivity index (χ3v) is 3.91. The molecule has 0 aromatic heterocycles. The third kappa shape index (κ3) is 2.96. The van der Waals surface area contributed by atoms with Crippen molar-refractivity contribution in [1.29, 1.82) is 0 Å². The SMILES string of the molecule is CCCOC1CCCN(C2CNCC2C)C1. The summed E-state index contributed by atoms with van der Waals surface area (Å²) < 4.78 is 5.90. The van der Waals surface area contributed by atoms with Gasteiger partial charge in [-0.3, -0.25) is 4.90 Å². The van der Waals surface area contributed by atoms with Crippen molar-refractivity contribution in [3.8, 4) is 0 Å². The predicted molar refractivity (Wildman–Crippen MR) is 66.7 cm³/mol. The summed E-state index contributed by atoms with van der Waals surface area (Å²) in [6, 6.07) is 0.744. The summed E-state index contributed by atoms with van der Waals surface area (Å²) in [5.41, 5.74) is 0. The molecule has 3 nitrogen and oxygen atoms in total. The summed E-state index contributed by atoms with van der Waals surface area (Å²) >= 11 is 0. The summed E-state index contributed by atoms with van der Waals surface area (Å²) in [4.78, 5) is 2.65. The van der Waals surface area contributed by atoms with Gasteiger partial charge >= 0.3 is 0 Å². The molecule has 2 fully saturated rings. The molecule has 16 heavy (non-hydrogen) atoms. The van der Waals surface area contributed by atoms with Gasteiger partial charge in [-0.15, -0.1) is 0 Å². The van der Waals surface area contributed by atoms with Crippen LogP contribution in [0.1, 0.15) is 33.1 Å². The first-order chi connectivity index (χ1) is 7.81. The molecule has 0 amide bonds. The van der Waals surface area contributed by atoms with Crippen LogP contribution < -0.4 is 5.32 Å². The molecule has 2 aliphatic rings. The number of piperidine rings is 1. The number of hydrogen-bond acceptors (Lipinski definition) is 3. The van der Waals surface area contributed by atoms with Crippen LogP contribution in [0, 0.1) is 5.92 Å². The fraction of sp³-hybridized carbons (Fsp3) is 1.00. The van der Waals surface area contributed by atoms with Crippen LogP contribution in [0.4, 0.5) is 0 Å². The highest BCUT2D eigenvalue weighted by molar-refractivity contribution is 4.89. The third-order valence-electron chi connectivity index (χ3n) is 3.91. The number of nitrogens with zero attached hydrogens (tertiary/aromatic N) is 1. The summed E-state index contributed by atoms with van der Waals surface area (Å²) in [6.45, 7) is 10.2. The Bertz CT molecular complexity index is 210. The molecule has 1 N–H and O–H groups in total. The molecular weight excluding hydrogens is 200 g/mol. The van der Waals surface area contributed by atoms with Crippen LogP contribution in [0.2, 0.25) is 0 Å². The summed E-state index contributed by atoms with van der Waals surface area (Å²) in [6.07, 6.45) is 4.18. The van der Waals surface area contributed by atoms with Crippen LogP contribution in [0.25, 0.3) is 0 Å². The standard InChI is InChI=1S/C13H26N2O/c1-3-7-16-12-5-4-6-15(10-12)13-9-14-8-11(13)2/h11-14H,3-10H2,1-2H3. The van der Waals surface area contributed by atoms with Gasteiger partial charge in [0.15, 0.2) is 0 Å². The van der Waals surface area contributed by atoms with Gasteiger partial charge in [-0.1, -0.05) is 13.8 Å². The molecule has 2 rings (SSSR count). The van der Waals surface area contributed by atoms with Gasteiger partial charge in [-0.2, -0.15) is 0 Å². The Hall–Kier alpha value is -0.120. The summed E-state index contributed by atoms with van der Waals surface area (Å²) in [7, 11) is 0. The molecular formula is C13H26N2O. The summed E-state index contributed by atoms with van der Waals surface area (Å²) in [5, 5.41) is 3.49. The van der Waals surface area contributed by atoms with Gasteiger partial charge in [0.05, 0.1) is 6.10 Å². The van der Waals surface area contributed by atoms with Crippen molar-refractivity contribution in [2.45, 2.75) is 45.3 Å². The van der Waals surface area contributed by atoms with E-state index in [2.05, 4.69) is 24.1 Å². The highest BCUT2D eigenvalue weighted by Gasteiger charge is 2.32. The minimum absolute atomic E-state index is 0.487. The van der Waals surface area contributed by atoms with E-state index in [4.69, 9.17) is 4.74 Å². The van der Waals surface area contributed by atoms with Gasteiger partial charge in [0.1, 0.15) is 0 Å². The highest BCUT2D eigenvalue weighted by Crippen LogP contribution is 2.21. The van der Waals surface area contributed by atoms with E-state index in [1.807, 2.05) is 0 Å². The molecule has 2 heterocycles. The predicted octanol–water partition coefficient (Wildman–Crippen LogP) is 1.49. The first-order valence-electron chi connectivity index (χ1n) is 6.87. The highest BCUT2D eigenvalue weighted by atomic mass is 16.5. The van der Waals surface area contributed by atoms with E-state index in [0.717, 1.165) is 31.5 Å². The van der Waals surface area contributed by atoms with E-state index in [1.165, 1.54) is 32.5 Å². The molecule has 0 aromatic carbocycles. The number of likely N-dealkylation sites (tertiary alicyclic amines) is 1. The van der Waals surface area contributed by atoms with Crippen LogP contribution in [-0.4, -0.2) is 49.8 Å². The van der Waals surface area contributed by atoms with Crippen molar-refractivity contribution in [2.24, 2.45) is 5.92 Å². The zero-order valence-electron chi connectivity index (χ0n) is 10.7. The quantitative estimate of drug-likeness (QED) is 0.786. The number of rotatable bonds is 4. The van der Waals surface area contributed by atoms with E-state index >= 15 is 0 Å². The zero-order chi connectivity index (χ0) is 11.4. The second-order valence-electron chi connectivity index (χ2n) is 5.33. The van der Waals surface area contributed by atoms with E-state index in [0.29, 0.717) is 6.10 Å². The molecule has 0 spiro atoms. The van der Waals surface area contributed by atoms with Crippen molar-refractivity contribution >= 4 is 0 Å². The Balaban J connectivity index is 1.81. The molecule has 2 saturated heterocycles. The first-order valence-corrected chi connectivity index (χ1v) is 6.87. The Labute approximate surface area is 99.5 Å². The molecule has 0 saturated carbocycles. The van der Waals surface area contributed by atoms with Crippen LogP contribution in [0.15, 0.2) is 0 Å². The van der Waals surface area contributed by atoms with Crippen LogP contribution in [0.5, 0.6) is 0 Å². The van der Waals surface area contributed by atoms with Crippen molar-refractivity contribution in [1.82, 2.24) is 10.2 Å². The normalized spacial score (nSPS) is 36.8. The lowest BCUT2D eigenvalue weighted by Crippen LogP contribution is -2.48. The number of ether oxygens (including phenoxy) is 1. The van der Waals surface area contributed by atoms with E-state index in [1.54, 1.807) is 0 Å². The minimum Gasteiger partial charge on any atom is -0.377 e. The molecule has 0 radical (unpaired) electrons. The van der Waals surface area contributed by atoms with E-state index < -0.39 is 0 Å².